The molecule has 78 heavy (non-hydrogen) atoms. The van der Waals surface area contributed by atoms with Crippen molar-refractivity contribution in [3.63, 3.8) is 0 Å². The molecule has 34 nitrogen and oxygen atoms in total. The summed E-state index contributed by atoms with van der Waals surface area (Å²) in [7, 11) is 0. The fourth-order valence-electron chi connectivity index (χ4n) is 10.1. The summed E-state index contributed by atoms with van der Waals surface area (Å²) < 4.78 is 69.3. The first kappa shape index (κ1) is 64.9. The van der Waals surface area contributed by atoms with Crippen molar-refractivity contribution in [2.75, 3.05) is 52.7 Å². The van der Waals surface area contributed by atoms with Crippen LogP contribution >= 0.6 is 0 Å². The first-order valence-electron chi connectivity index (χ1n) is 25.5. The molecule has 0 aromatic carbocycles. The molecule has 0 radical (unpaired) electrons. The molecule has 1 amide bonds. The first-order chi connectivity index (χ1) is 37.0. The van der Waals surface area contributed by atoms with Gasteiger partial charge < -0.3 is 150 Å². The molecule has 0 spiro atoms. The lowest BCUT2D eigenvalue weighted by Crippen LogP contribution is -2.70. The van der Waals surface area contributed by atoms with E-state index in [1.54, 1.807) is 0 Å². The van der Waals surface area contributed by atoms with Crippen molar-refractivity contribution in [2.24, 2.45) is 5.73 Å². The normalized spacial score (nSPS) is 47.4. The van der Waals surface area contributed by atoms with Crippen LogP contribution in [0.3, 0.4) is 0 Å². The number of carbonyl (C=O) groups is 1. The molecule has 29 unspecified atom stereocenters. The van der Waals surface area contributed by atoms with Crippen LogP contribution in [0.1, 0.15) is 39.5 Å². The number of hydrogen-bond donors (Lipinski definition) is 18. The molecule has 0 aromatic rings. The molecule has 0 aliphatic carbocycles. The van der Waals surface area contributed by atoms with Crippen LogP contribution in [0, 0.1) is 10.1 Å². The highest BCUT2D eigenvalue weighted by Crippen LogP contribution is 2.38. The van der Waals surface area contributed by atoms with Gasteiger partial charge in [-0.05, 0) is 32.7 Å². The predicted molar refractivity (Wildman–Crippen MR) is 245 cm³/mol. The minimum Gasteiger partial charge on any atom is -0.394 e. The number of nitrogens with one attached hydrogen (secondary N) is 1. The third kappa shape index (κ3) is 14.7. The lowest BCUT2D eigenvalue weighted by molar-refractivity contribution is -0.505. The molecule has 6 aliphatic rings. The van der Waals surface area contributed by atoms with Gasteiger partial charge in [0.05, 0.1) is 39.1 Å². The maximum Gasteiger partial charge on any atom is 0.232 e. The summed E-state index contributed by atoms with van der Waals surface area (Å²) in [6.45, 7) is -3.19. The molecule has 19 N–H and O–H groups in total. The molecular formula is C44H77N3O31. The molecule has 0 bridgehead atoms. The van der Waals surface area contributed by atoms with Crippen LogP contribution in [-0.2, 0) is 61.6 Å². The van der Waals surface area contributed by atoms with E-state index in [0.717, 1.165) is 6.92 Å². The zero-order valence-corrected chi connectivity index (χ0v) is 42.5. The van der Waals surface area contributed by atoms with E-state index in [1.807, 2.05) is 0 Å². The smallest absolute Gasteiger partial charge is 0.232 e. The number of nitrogens with two attached hydrogens (primary N) is 1. The highest BCUT2D eigenvalue weighted by Gasteiger charge is 2.59. The van der Waals surface area contributed by atoms with E-state index in [0.29, 0.717) is 25.8 Å². The number of nitrogens with zero attached hydrogens (tertiary/aromatic N) is 1. The van der Waals surface area contributed by atoms with E-state index in [1.165, 1.54) is 6.92 Å². The van der Waals surface area contributed by atoms with Crippen LogP contribution in [-0.4, -0.2) is 323 Å². The second-order valence-corrected chi connectivity index (χ2v) is 20.1. The van der Waals surface area contributed by atoms with Crippen molar-refractivity contribution in [3.05, 3.63) is 10.1 Å². The van der Waals surface area contributed by atoms with Crippen LogP contribution < -0.4 is 11.1 Å². The lowest BCUT2D eigenvalue weighted by Gasteiger charge is -2.51. The van der Waals surface area contributed by atoms with E-state index in [2.05, 4.69) is 5.32 Å². The van der Waals surface area contributed by atoms with Gasteiger partial charge in [0.2, 0.25) is 12.5 Å². The van der Waals surface area contributed by atoms with Crippen LogP contribution in [0.4, 0.5) is 0 Å². The Morgan fingerprint density at radius 3 is 1.62 bits per heavy atom. The number of rotatable bonds is 24. The average Bonchev–Trinajstić information content (AvgIpc) is 3.41. The number of ether oxygens (including phenoxy) is 12. The Balaban J connectivity index is 1.21. The van der Waals surface area contributed by atoms with Crippen LogP contribution in [0.25, 0.3) is 0 Å². The molecule has 6 rings (SSSR count). The van der Waals surface area contributed by atoms with Crippen LogP contribution in [0.5, 0.6) is 0 Å². The molecular weight excluding hydrogens is 1070 g/mol. The maximum atomic E-state index is 12.9. The van der Waals surface area contributed by atoms with E-state index >= 15 is 0 Å². The van der Waals surface area contributed by atoms with Crippen molar-refractivity contribution in [1.29, 1.82) is 0 Å². The Bertz CT molecular complexity index is 1860. The van der Waals surface area contributed by atoms with Gasteiger partial charge in [-0.1, -0.05) is 0 Å². The van der Waals surface area contributed by atoms with E-state index in [9.17, 15) is 96.6 Å². The Morgan fingerprint density at radius 1 is 0.564 bits per heavy atom. The van der Waals surface area contributed by atoms with Gasteiger partial charge >= 0.3 is 0 Å². The molecule has 34 heteroatoms. The average molecular weight is 1140 g/mol. The van der Waals surface area contributed by atoms with Gasteiger partial charge in [-0.3, -0.25) is 14.9 Å². The van der Waals surface area contributed by atoms with Crippen molar-refractivity contribution in [1.82, 2.24) is 5.32 Å². The molecule has 6 fully saturated rings. The molecule has 454 valence electrons. The quantitative estimate of drug-likeness (QED) is 0.0242. The Kier molecular flexibility index (Phi) is 24.0. The number of aliphatic hydroxyl groups is 16. The van der Waals surface area contributed by atoms with Crippen molar-refractivity contribution >= 4 is 5.91 Å². The minimum absolute atomic E-state index is 0.0210. The summed E-state index contributed by atoms with van der Waals surface area (Å²) in [5, 5.41) is 189. The number of hydrogen-bond acceptors (Lipinski definition) is 32. The Labute approximate surface area is 444 Å². The monoisotopic (exact) mass is 1140 g/mol. The summed E-state index contributed by atoms with van der Waals surface area (Å²) in [5.74, 6) is -0.875. The fraction of sp³-hybridized carbons (Fsp3) is 0.977. The summed E-state index contributed by atoms with van der Waals surface area (Å²) in [6, 6.07) is -1.81. The van der Waals surface area contributed by atoms with Gasteiger partial charge in [0.1, 0.15) is 128 Å². The van der Waals surface area contributed by atoms with E-state index in [-0.39, 0.29) is 13.0 Å². The number of nitro groups is 1. The molecule has 0 aromatic heterocycles. The van der Waals surface area contributed by atoms with Crippen LogP contribution in [0.2, 0.25) is 0 Å². The molecule has 0 saturated carbocycles. The number of aliphatic hydroxyl groups excluding tert-OH is 15. The second-order valence-electron chi connectivity index (χ2n) is 20.1. The largest absolute Gasteiger partial charge is 0.394 e. The predicted octanol–water partition coefficient (Wildman–Crippen LogP) is -11.1. The van der Waals surface area contributed by atoms with E-state index in [4.69, 9.17) is 62.6 Å². The summed E-state index contributed by atoms with van der Waals surface area (Å²) in [6.07, 6.45) is -49.7. The highest BCUT2D eigenvalue weighted by atomic mass is 16.8. The van der Waals surface area contributed by atoms with Gasteiger partial charge in [-0.2, -0.15) is 0 Å². The molecule has 6 saturated heterocycles. The molecule has 29 atom stereocenters. The third-order valence-electron chi connectivity index (χ3n) is 14.3. The summed E-state index contributed by atoms with van der Waals surface area (Å²) in [4.78, 5) is 23.7. The standard InChI is InChI=1S/C44H77N3O31/c1-15-8-44(64,14-52)37(63)43(68-15)78-36-26(57)23(54)18(10-48)72-42(36)76-34-22(46-16(2)53)38(70-19(11-49)24(34)55)77-35-25(56)20(12-50)71-41(31(35)62)75-33-21(13-51)73-40(30(61)28(33)59)74-32-17(9-47(65)66)69-39(29(60)27(32)58)67-7-5-3-4-6-45/h15,17-43,48-52,54-64H,3-14,45H2,1-2H3,(H,46,53). The summed E-state index contributed by atoms with van der Waals surface area (Å²) >= 11 is 0. The van der Waals surface area contributed by atoms with E-state index < -0.39 is 228 Å². The van der Waals surface area contributed by atoms with Gasteiger partial charge in [0.15, 0.2) is 43.8 Å². The van der Waals surface area contributed by atoms with Crippen molar-refractivity contribution < 1.29 is 148 Å². The fourth-order valence-corrected chi connectivity index (χ4v) is 10.1. The SMILES string of the molecule is CC(=O)NC1C(OC2C(O)C(CO)OC(OC3C(CO)OC(OC4C(C[N+](=O)[O-])OC(OCCCCCN)C(O)C4O)C(O)C3O)C2O)OC(CO)C(O)C1OC1OC(CO)C(O)C(O)C1OC1OC(C)CC(O)(CO)C1O. The van der Waals surface area contributed by atoms with Gasteiger partial charge in [0, 0.05) is 24.9 Å². The lowest BCUT2D eigenvalue weighted by atomic mass is 9.88. The van der Waals surface area contributed by atoms with Crippen molar-refractivity contribution in [2.45, 2.75) is 217 Å². The number of carbonyl (C=O) groups excluding carboxylic acids is 1. The zero-order valence-electron chi connectivity index (χ0n) is 42.5. The van der Waals surface area contributed by atoms with Crippen LogP contribution in [0.15, 0.2) is 0 Å². The second kappa shape index (κ2) is 28.8. The first-order valence-corrected chi connectivity index (χ1v) is 25.5. The Hall–Kier alpha value is -2.29. The maximum absolute atomic E-state index is 12.9. The highest BCUT2D eigenvalue weighted by molar-refractivity contribution is 5.73. The number of unbranched alkanes of at least 4 members (excludes halogenated alkanes) is 2. The van der Waals surface area contributed by atoms with Gasteiger partial charge in [-0.25, -0.2) is 0 Å². The van der Waals surface area contributed by atoms with Crippen molar-refractivity contribution in [3.8, 4) is 0 Å². The topological polar surface area (TPSA) is 533 Å². The molecule has 6 heterocycles. The summed E-state index contributed by atoms with van der Waals surface area (Å²) in [5.41, 5.74) is 3.31. The Morgan fingerprint density at radius 2 is 1.04 bits per heavy atom. The molecule has 6 aliphatic heterocycles. The zero-order chi connectivity index (χ0) is 57.5. The minimum atomic E-state index is -2.25. The third-order valence-corrected chi connectivity index (χ3v) is 14.3. The van der Waals surface area contributed by atoms with Gasteiger partial charge in [0.25, 0.3) is 0 Å². The van der Waals surface area contributed by atoms with Gasteiger partial charge in [-0.15, -0.1) is 0 Å². The number of amides is 1.